The first-order valence-electron chi connectivity index (χ1n) is 11.1. The monoisotopic (exact) mass is 424 g/mol. The molecule has 1 amide bonds. The van der Waals surface area contributed by atoms with Crippen molar-refractivity contribution >= 4 is 33.3 Å². The van der Waals surface area contributed by atoms with Gasteiger partial charge < -0.3 is 14.2 Å². The number of aromatic nitrogens is 2. The molecule has 4 heterocycles. The van der Waals surface area contributed by atoms with Crippen LogP contribution in [0.15, 0.2) is 22.8 Å². The summed E-state index contributed by atoms with van der Waals surface area (Å²) in [6.45, 7) is 5.11. The summed E-state index contributed by atoms with van der Waals surface area (Å²) in [6, 6.07) is 3.50. The molecular weight excluding hydrogens is 396 g/mol. The highest BCUT2D eigenvalue weighted by atomic mass is 32.1. The number of aryl methyl sites for hydroxylation is 3. The van der Waals surface area contributed by atoms with Crippen LogP contribution in [-0.2, 0) is 19.3 Å². The van der Waals surface area contributed by atoms with E-state index in [9.17, 15) is 4.79 Å². The summed E-state index contributed by atoms with van der Waals surface area (Å²) >= 11 is 1.88. The van der Waals surface area contributed by atoms with Gasteiger partial charge in [0.2, 0.25) is 0 Å². The van der Waals surface area contributed by atoms with Crippen molar-refractivity contribution in [1.82, 2.24) is 14.9 Å². The Labute approximate surface area is 180 Å². The largest absolute Gasteiger partial charge is 0.459 e. The molecule has 0 atom stereocenters. The molecule has 0 spiro atoms. The predicted molar refractivity (Wildman–Crippen MR) is 119 cm³/mol. The van der Waals surface area contributed by atoms with Crippen LogP contribution in [0.2, 0.25) is 0 Å². The molecule has 158 valence electrons. The fourth-order valence-corrected chi connectivity index (χ4v) is 5.87. The van der Waals surface area contributed by atoms with Crippen LogP contribution >= 0.6 is 11.3 Å². The Morgan fingerprint density at radius 3 is 2.73 bits per heavy atom. The van der Waals surface area contributed by atoms with Gasteiger partial charge in [0.15, 0.2) is 5.76 Å². The predicted octanol–water partition coefficient (Wildman–Crippen LogP) is 4.47. The van der Waals surface area contributed by atoms with Gasteiger partial charge in [-0.05, 0) is 49.8 Å². The smallest absolute Gasteiger partial charge is 0.289 e. The Balaban J connectivity index is 1.46. The highest BCUT2D eigenvalue weighted by Crippen LogP contribution is 2.39. The zero-order chi connectivity index (χ0) is 20.5. The Morgan fingerprint density at radius 1 is 1.13 bits per heavy atom. The van der Waals surface area contributed by atoms with Crippen molar-refractivity contribution < 1.29 is 9.21 Å². The maximum atomic E-state index is 12.6. The van der Waals surface area contributed by atoms with Gasteiger partial charge >= 0.3 is 0 Å². The molecule has 30 heavy (non-hydrogen) atoms. The van der Waals surface area contributed by atoms with E-state index in [0.29, 0.717) is 18.8 Å². The zero-order valence-corrected chi connectivity index (χ0v) is 18.3. The molecule has 6 nitrogen and oxygen atoms in total. The quantitative estimate of drug-likeness (QED) is 0.578. The van der Waals surface area contributed by atoms with E-state index in [2.05, 4.69) is 11.8 Å². The number of thiophene rings is 1. The van der Waals surface area contributed by atoms with Crippen LogP contribution in [0.4, 0.5) is 5.82 Å². The molecule has 3 aromatic rings. The van der Waals surface area contributed by atoms with E-state index in [1.54, 1.807) is 18.4 Å². The SMILES string of the molecule is CCCc1nc(N2CCN(C(=O)c3ccco3)CC2)c2c3c(sc2n1)CCCCC3. The first-order chi connectivity index (χ1) is 14.7. The molecule has 3 aromatic heterocycles. The normalized spacial score (nSPS) is 17.2. The summed E-state index contributed by atoms with van der Waals surface area (Å²) in [6.07, 6.45) is 9.64. The number of nitrogens with zero attached hydrogens (tertiary/aromatic N) is 4. The second-order valence-corrected chi connectivity index (χ2v) is 9.30. The van der Waals surface area contributed by atoms with Gasteiger partial charge in [-0.25, -0.2) is 9.97 Å². The maximum absolute atomic E-state index is 12.6. The number of hydrogen-bond donors (Lipinski definition) is 0. The van der Waals surface area contributed by atoms with E-state index in [0.717, 1.165) is 48.8 Å². The highest BCUT2D eigenvalue weighted by molar-refractivity contribution is 7.19. The Morgan fingerprint density at radius 2 is 1.97 bits per heavy atom. The van der Waals surface area contributed by atoms with Gasteiger partial charge in [0, 0.05) is 37.5 Å². The molecule has 5 rings (SSSR count). The topological polar surface area (TPSA) is 62.5 Å². The minimum absolute atomic E-state index is 0.0245. The van der Waals surface area contributed by atoms with Gasteiger partial charge in [-0.2, -0.15) is 0 Å². The highest BCUT2D eigenvalue weighted by Gasteiger charge is 2.28. The third kappa shape index (κ3) is 3.60. The van der Waals surface area contributed by atoms with Crippen LogP contribution in [0.1, 0.15) is 59.4 Å². The van der Waals surface area contributed by atoms with Gasteiger partial charge in [-0.1, -0.05) is 13.3 Å². The van der Waals surface area contributed by atoms with E-state index >= 15 is 0 Å². The minimum atomic E-state index is -0.0245. The average molecular weight is 425 g/mol. The van der Waals surface area contributed by atoms with Gasteiger partial charge in [0.1, 0.15) is 16.5 Å². The molecule has 0 saturated carbocycles. The number of hydrogen-bond acceptors (Lipinski definition) is 6. The second kappa shape index (κ2) is 8.38. The number of carbonyl (C=O) groups excluding carboxylic acids is 1. The third-order valence-electron chi connectivity index (χ3n) is 6.16. The van der Waals surface area contributed by atoms with E-state index in [1.807, 2.05) is 16.2 Å². The summed E-state index contributed by atoms with van der Waals surface area (Å²) < 4.78 is 5.30. The van der Waals surface area contributed by atoms with Gasteiger partial charge in [-0.3, -0.25) is 4.79 Å². The summed E-state index contributed by atoms with van der Waals surface area (Å²) in [5, 5.41) is 1.28. The fraction of sp³-hybridized carbons (Fsp3) is 0.522. The molecular formula is C23H28N4O2S. The lowest BCUT2D eigenvalue weighted by molar-refractivity contribution is 0.0714. The van der Waals surface area contributed by atoms with Crippen LogP contribution < -0.4 is 4.90 Å². The number of amides is 1. The molecule has 0 radical (unpaired) electrons. The molecule has 0 unspecified atom stereocenters. The first kappa shape index (κ1) is 19.5. The lowest BCUT2D eigenvalue weighted by Crippen LogP contribution is -2.49. The minimum Gasteiger partial charge on any atom is -0.459 e. The van der Waals surface area contributed by atoms with Crippen molar-refractivity contribution in [2.75, 3.05) is 31.1 Å². The second-order valence-electron chi connectivity index (χ2n) is 8.21. The number of carbonyl (C=O) groups is 1. The van der Waals surface area contributed by atoms with Crippen molar-refractivity contribution in [2.24, 2.45) is 0 Å². The zero-order valence-electron chi connectivity index (χ0n) is 17.5. The first-order valence-corrected chi connectivity index (χ1v) is 11.9. The van der Waals surface area contributed by atoms with E-state index < -0.39 is 0 Å². The molecule has 2 aliphatic rings. The Hall–Kier alpha value is -2.41. The van der Waals surface area contributed by atoms with E-state index in [4.69, 9.17) is 14.4 Å². The summed E-state index contributed by atoms with van der Waals surface area (Å²) in [5.74, 6) is 2.43. The summed E-state index contributed by atoms with van der Waals surface area (Å²) in [5.41, 5.74) is 1.49. The van der Waals surface area contributed by atoms with Crippen molar-refractivity contribution in [2.45, 2.75) is 51.9 Å². The molecule has 1 fully saturated rings. The van der Waals surface area contributed by atoms with Gasteiger partial charge in [-0.15, -0.1) is 11.3 Å². The fourth-order valence-electron chi connectivity index (χ4n) is 4.60. The van der Waals surface area contributed by atoms with Crippen LogP contribution in [0, 0.1) is 0 Å². The van der Waals surface area contributed by atoms with Crippen LogP contribution in [0.25, 0.3) is 10.2 Å². The molecule has 1 saturated heterocycles. The molecule has 0 aromatic carbocycles. The summed E-state index contributed by atoms with van der Waals surface area (Å²) in [7, 11) is 0. The van der Waals surface area contributed by atoms with Crippen LogP contribution in [-0.4, -0.2) is 47.0 Å². The molecule has 1 aliphatic carbocycles. The van der Waals surface area contributed by atoms with Crippen LogP contribution in [0.3, 0.4) is 0 Å². The lowest BCUT2D eigenvalue weighted by Gasteiger charge is -2.35. The van der Waals surface area contributed by atoms with Gasteiger partial charge in [0.05, 0.1) is 11.6 Å². The molecule has 0 N–H and O–H groups in total. The number of furan rings is 1. The summed E-state index contributed by atoms with van der Waals surface area (Å²) in [4.78, 5) is 29.5. The number of anilines is 1. The van der Waals surface area contributed by atoms with Crippen LogP contribution in [0.5, 0.6) is 0 Å². The maximum Gasteiger partial charge on any atom is 0.289 e. The van der Waals surface area contributed by atoms with E-state index in [-0.39, 0.29) is 5.91 Å². The average Bonchev–Trinajstić information content (AvgIpc) is 3.36. The standard InChI is InChI=1S/C23H28N4O2S/c1-2-7-19-24-21(20-16-8-4-3-5-10-18(16)30-22(20)25-19)26-11-13-27(14-12-26)23(28)17-9-6-15-29-17/h6,9,15H,2-5,7-8,10-14H2,1H3. The van der Waals surface area contributed by atoms with E-state index in [1.165, 1.54) is 41.5 Å². The Kier molecular flexibility index (Phi) is 5.46. The van der Waals surface area contributed by atoms with Crippen molar-refractivity contribution in [1.29, 1.82) is 0 Å². The van der Waals surface area contributed by atoms with Crippen molar-refractivity contribution in [3.8, 4) is 0 Å². The molecule has 7 heteroatoms. The third-order valence-corrected chi connectivity index (χ3v) is 7.35. The number of fused-ring (bicyclic) bond motifs is 3. The van der Waals surface area contributed by atoms with Crippen molar-refractivity contribution in [3.05, 3.63) is 40.4 Å². The molecule has 0 bridgehead atoms. The Bertz CT molecular complexity index is 1040. The van der Waals surface area contributed by atoms with Gasteiger partial charge in [0.25, 0.3) is 5.91 Å². The number of piperazine rings is 1. The lowest BCUT2D eigenvalue weighted by atomic mass is 10.1. The van der Waals surface area contributed by atoms with Crippen molar-refractivity contribution in [3.63, 3.8) is 0 Å². The number of rotatable bonds is 4. The molecule has 1 aliphatic heterocycles.